The lowest BCUT2D eigenvalue weighted by Crippen LogP contribution is -2.34. The summed E-state index contributed by atoms with van der Waals surface area (Å²) in [5.74, 6) is -0.0485. The van der Waals surface area contributed by atoms with Gasteiger partial charge in [0.1, 0.15) is 0 Å². The Morgan fingerprint density at radius 1 is 1.32 bits per heavy atom. The fourth-order valence-corrected chi connectivity index (χ4v) is 3.53. The van der Waals surface area contributed by atoms with E-state index in [0.717, 1.165) is 5.56 Å². The van der Waals surface area contributed by atoms with Gasteiger partial charge in [-0.1, -0.05) is 35.3 Å². The third-order valence-corrected chi connectivity index (χ3v) is 4.91. The highest BCUT2D eigenvalue weighted by Crippen LogP contribution is 2.23. The average Bonchev–Trinajstić information content (AvgIpc) is 2.96. The Morgan fingerprint density at radius 2 is 2.09 bits per heavy atom. The van der Waals surface area contributed by atoms with Crippen molar-refractivity contribution in [3.8, 4) is 0 Å². The smallest absolute Gasteiger partial charge is 0.224 e. The van der Waals surface area contributed by atoms with Crippen LogP contribution >= 0.6 is 34.5 Å². The fraction of sp³-hybridized carbons (Fsp3) is 0.312. The van der Waals surface area contributed by atoms with Crippen LogP contribution in [-0.2, 0) is 11.2 Å². The molecule has 0 aliphatic rings. The molecule has 0 radical (unpaired) electrons. The molecule has 0 saturated heterocycles. The van der Waals surface area contributed by atoms with Gasteiger partial charge in [0.05, 0.1) is 12.5 Å². The van der Waals surface area contributed by atoms with E-state index in [9.17, 15) is 4.79 Å². The highest BCUT2D eigenvalue weighted by Gasteiger charge is 2.16. The van der Waals surface area contributed by atoms with Crippen LogP contribution in [0.3, 0.4) is 0 Å². The number of nitrogens with one attached hydrogen (secondary N) is 1. The summed E-state index contributed by atoms with van der Waals surface area (Å²) in [6, 6.07) is 9.45. The maximum Gasteiger partial charge on any atom is 0.224 e. The number of likely N-dealkylation sites (N-methyl/N-ethyl adjacent to an activating group) is 1. The minimum Gasteiger partial charge on any atom is -0.354 e. The van der Waals surface area contributed by atoms with Crippen molar-refractivity contribution in [1.29, 1.82) is 0 Å². The number of carbonyl (C=O) groups is 1. The molecule has 6 heteroatoms. The summed E-state index contributed by atoms with van der Waals surface area (Å²) in [5, 5.41) is 6.11. The average molecular weight is 357 g/mol. The van der Waals surface area contributed by atoms with Gasteiger partial charge in [-0.15, -0.1) is 11.3 Å². The number of benzene rings is 1. The number of halogens is 2. The molecule has 22 heavy (non-hydrogen) atoms. The molecule has 1 unspecified atom stereocenters. The minimum absolute atomic E-state index is 0.0485. The predicted molar refractivity (Wildman–Crippen MR) is 93.9 cm³/mol. The zero-order chi connectivity index (χ0) is 16.1. The third kappa shape index (κ3) is 4.71. The van der Waals surface area contributed by atoms with Crippen LogP contribution in [0.2, 0.25) is 10.0 Å². The molecule has 1 amide bonds. The summed E-state index contributed by atoms with van der Waals surface area (Å²) in [6.07, 6.45) is 0.251. The number of amides is 1. The first-order chi connectivity index (χ1) is 10.5. The molecule has 1 atom stereocenters. The molecule has 1 heterocycles. The van der Waals surface area contributed by atoms with Crippen LogP contribution in [0.25, 0.3) is 0 Å². The molecule has 1 aromatic heterocycles. The van der Waals surface area contributed by atoms with Gasteiger partial charge < -0.3 is 10.2 Å². The number of hydrogen-bond donors (Lipinski definition) is 1. The quantitative estimate of drug-likeness (QED) is 0.847. The summed E-state index contributed by atoms with van der Waals surface area (Å²) < 4.78 is 0. The maximum atomic E-state index is 12.1. The van der Waals surface area contributed by atoms with Crippen LogP contribution in [0.15, 0.2) is 35.7 Å². The molecule has 0 fully saturated rings. The van der Waals surface area contributed by atoms with E-state index in [-0.39, 0.29) is 18.4 Å². The molecule has 0 spiro atoms. The van der Waals surface area contributed by atoms with Crippen LogP contribution < -0.4 is 5.32 Å². The highest BCUT2D eigenvalue weighted by molar-refractivity contribution is 7.10. The summed E-state index contributed by atoms with van der Waals surface area (Å²) in [5.41, 5.74) is 0.779. The number of thiophene rings is 1. The lowest BCUT2D eigenvalue weighted by atomic mass is 10.1. The molecule has 3 nitrogen and oxygen atoms in total. The van der Waals surface area contributed by atoms with E-state index in [1.54, 1.807) is 29.5 Å². The van der Waals surface area contributed by atoms with Gasteiger partial charge in [-0.3, -0.25) is 4.79 Å². The zero-order valence-electron chi connectivity index (χ0n) is 12.5. The number of nitrogens with zero attached hydrogens (tertiary/aromatic N) is 1. The molecule has 0 saturated carbocycles. The monoisotopic (exact) mass is 356 g/mol. The normalized spacial score (nSPS) is 12.4. The molecule has 1 aromatic carbocycles. The Labute approximate surface area is 144 Å². The second-order valence-electron chi connectivity index (χ2n) is 5.21. The van der Waals surface area contributed by atoms with Gasteiger partial charge in [0.25, 0.3) is 0 Å². The Bertz CT molecular complexity index is 629. The van der Waals surface area contributed by atoms with E-state index in [4.69, 9.17) is 23.2 Å². The maximum absolute atomic E-state index is 12.1. The Balaban J connectivity index is 1.94. The number of carbonyl (C=O) groups excluding carboxylic acids is 1. The van der Waals surface area contributed by atoms with E-state index >= 15 is 0 Å². The van der Waals surface area contributed by atoms with Crippen molar-refractivity contribution in [2.75, 3.05) is 20.6 Å². The van der Waals surface area contributed by atoms with Gasteiger partial charge in [-0.2, -0.15) is 0 Å². The van der Waals surface area contributed by atoms with Crippen LogP contribution in [0, 0.1) is 0 Å². The van der Waals surface area contributed by atoms with Crippen molar-refractivity contribution in [1.82, 2.24) is 10.2 Å². The van der Waals surface area contributed by atoms with Crippen molar-refractivity contribution in [3.63, 3.8) is 0 Å². The van der Waals surface area contributed by atoms with Crippen LogP contribution in [-0.4, -0.2) is 31.4 Å². The van der Waals surface area contributed by atoms with Gasteiger partial charge in [-0.05, 0) is 43.2 Å². The summed E-state index contributed by atoms with van der Waals surface area (Å²) in [6.45, 7) is 0.567. The van der Waals surface area contributed by atoms with Crippen molar-refractivity contribution < 1.29 is 4.79 Å². The molecule has 0 bridgehead atoms. The first-order valence-corrected chi connectivity index (χ1v) is 8.51. The standard InChI is InChI=1S/C16H18Cl2N2OS/c1-20(2)14(15-4-3-7-22-15)10-19-16(21)8-11-5-6-12(17)9-13(11)18/h3-7,9,14H,8,10H2,1-2H3,(H,19,21). The summed E-state index contributed by atoms with van der Waals surface area (Å²) >= 11 is 13.6. The SMILES string of the molecule is CN(C)C(CNC(=O)Cc1ccc(Cl)cc1Cl)c1cccs1. The fourth-order valence-electron chi connectivity index (χ4n) is 2.13. The lowest BCUT2D eigenvalue weighted by molar-refractivity contribution is -0.120. The minimum atomic E-state index is -0.0485. The van der Waals surface area contributed by atoms with Gasteiger partial charge in [0, 0.05) is 21.5 Å². The van der Waals surface area contributed by atoms with Crippen LogP contribution in [0.4, 0.5) is 0 Å². The van der Waals surface area contributed by atoms with E-state index in [1.165, 1.54) is 4.88 Å². The zero-order valence-corrected chi connectivity index (χ0v) is 14.8. The molecule has 2 aromatic rings. The van der Waals surface area contributed by atoms with Crippen LogP contribution in [0.1, 0.15) is 16.5 Å². The van der Waals surface area contributed by atoms with E-state index < -0.39 is 0 Å². The Hall–Kier alpha value is -1.07. The van der Waals surface area contributed by atoms with Crippen molar-refractivity contribution in [2.45, 2.75) is 12.5 Å². The van der Waals surface area contributed by atoms with Crippen molar-refractivity contribution in [2.24, 2.45) is 0 Å². The van der Waals surface area contributed by atoms with Gasteiger partial charge in [-0.25, -0.2) is 0 Å². The molecule has 0 aliphatic heterocycles. The number of rotatable bonds is 6. The largest absolute Gasteiger partial charge is 0.354 e. The molecular weight excluding hydrogens is 339 g/mol. The summed E-state index contributed by atoms with van der Waals surface area (Å²) in [4.78, 5) is 15.5. The second-order valence-corrected chi connectivity index (χ2v) is 7.03. The molecular formula is C16H18Cl2N2OS. The van der Waals surface area contributed by atoms with Crippen LogP contribution in [0.5, 0.6) is 0 Å². The molecule has 0 aliphatic carbocycles. The lowest BCUT2D eigenvalue weighted by Gasteiger charge is -2.23. The molecule has 2 rings (SSSR count). The highest BCUT2D eigenvalue weighted by atomic mass is 35.5. The third-order valence-electron chi connectivity index (χ3n) is 3.35. The molecule has 1 N–H and O–H groups in total. The predicted octanol–water partition coefficient (Wildman–Crippen LogP) is 4.02. The molecule has 118 valence electrons. The second kappa shape index (κ2) is 7.97. The van der Waals surface area contributed by atoms with E-state index in [2.05, 4.69) is 16.3 Å². The first-order valence-electron chi connectivity index (χ1n) is 6.88. The van der Waals surface area contributed by atoms with E-state index in [0.29, 0.717) is 16.6 Å². The first kappa shape index (κ1) is 17.3. The topological polar surface area (TPSA) is 32.3 Å². The van der Waals surface area contributed by atoms with E-state index in [1.807, 2.05) is 25.5 Å². The van der Waals surface area contributed by atoms with Gasteiger partial charge >= 0.3 is 0 Å². The Morgan fingerprint density at radius 3 is 2.68 bits per heavy atom. The van der Waals surface area contributed by atoms with Gasteiger partial charge in [0.15, 0.2) is 0 Å². The summed E-state index contributed by atoms with van der Waals surface area (Å²) in [7, 11) is 4.01. The van der Waals surface area contributed by atoms with Crippen molar-refractivity contribution in [3.05, 3.63) is 56.2 Å². The number of hydrogen-bond acceptors (Lipinski definition) is 3. The van der Waals surface area contributed by atoms with Crippen molar-refractivity contribution >= 4 is 40.4 Å². The Kier molecular flexibility index (Phi) is 6.26. The van der Waals surface area contributed by atoms with Gasteiger partial charge in [0.2, 0.25) is 5.91 Å².